The molecule has 0 bridgehead atoms. The highest BCUT2D eigenvalue weighted by Gasteiger charge is 2.28. The lowest BCUT2D eigenvalue weighted by molar-refractivity contribution is 0.0512. The lowest BCUT2D eigenvalue weighted by Gasteiger charge is -2.16. The molecule has 0 saturated carbocycles. The Morgan fingerprint density at radius 1 is 1.00 bits per heavy atom. The summed E-state index contributed by atoms with van der Waals surface area (Å²) in [7, 11) is 3.98. The van der Waals surface area contributed by atoms with E-state index in [0.717, 1.165) is 81.2 Å². The number of hydrogen-bond acceptors (Lipinski definition) is 5. The van der Waals surface area contributed by atoms with Gasteiger partial charge in [-0.1, -0.05) is 71.4 Å². The summed E-state index contributed by atoms with van der Waals surface area (Å²) in [5.41, 5.74) is 8.41. The number of nitrogens with one attached hydrogen (secondary N) is 1. The number of aromatic nitrogens is 3. The van der Waals surface area contributed by atoms with Crippen LogP contribution in [0.4, 0.5) is 0 Å². The number of halogens is 1. The molecule has 0 atom stereocenters. The third-order valence-electron chi connectivity index (χ3n) is 8.34. The van der Waals surface area contributed by atoms with Gasteiger partial charge >= 0.3 is 5.97 Å². The summed E-state index contributed by atoms with van der Waals surface area (Å²) in [4.78, 5) is 13.8. The smallest absolute Gasteiger partial charge is 0.355 e. The Kier molecular flexibility index (Phi) is 10.4. The molecule has 0 amide bonds. The number of aryl methyl sites for hydroxylation is 4. The molecule has 0 unspecified atom stereocenters. The maximum Gasteiger partial charge on any atom is 0.355 e. The fourth-order valence-electron chi connectivity index (χ4n) is 6.42. The summed E-state index contributed by atoms with van der Waals surface area (Å²) in [6.07, 6.45) is 3.18. The van der Waals surface area contributed by atoms with Gasteiger partial charge in [-0.2, -0.15) is 5.10 Å². The van der Waals surface area contributed by atoms with Crippen molar-refractivity contribution in [2.45, 2.75) is 58.3 Å². The first-order valence-electron chi connectivity index (χ1n) is 15.6. The van der Waals surface area contributed by atoms with Gasteiger partial charge < -0.3 is 19.4 Å². The fraction of sp³-hybridized carbons (Fsp3) is 0.389. The molecule has 1 N–H and O–H groups in total. The van der Waals surface area contributed by atoms with E-state index in [1.807, 2.05) is 50.0 Å². The van der Waals surface area contributed by atoms with Crippen LogP contribution in [-0.2, 0) is 36.5 Å². The van der Waals surface area contributed by atoms with Crippen LogP contribution in [0.3, 0.4) is 0 Å². The van der Waals surface area contributed by atoms with Crippen LogP contribution >= 0.6 is 15.9 Å². The van der Waals surface area contributed by atoms with Crippen molar-refractivity contribution in [1.82, 2.24) is 19.7 Å². The highest BCUT2D eigenvalue weighted by atomic mass is 79.9. The number of hydrogen-bond donors (Lipinski definition) is 1. The summed E-state index contributed by atoms with van der Waals surface area (Å²) >= 11 is 3.70. The zero-order chi connectivity index (χ0) is 31.2. The van der Waals surface area contributed by atoms with E-state index in [4.69, 9.17) is 14.6 Å². The first-order chi connectivity index (χ1) is 21.4. The van der Waals surface area contributed by atoms with Gasteiger partial charge in [0.25, 0.3) is 0 Å². The third kappa shape index (κ3) is 6.15. The highest BCUT2D eigenvalue weighted by Crippen LogP contribution is 2.41. The first kappa shape index (κ1) is 31.8. The maximum atomic E-state index is 13.8. The van der Waals surface area contributed by atoms with Crippen molar-refractivity contribution in [2.75, 3.05) is 26.8 Å². The zero-order valence-corrected chi connectivity index (χ0v) is 28.1. The van der Waals surface area contributed by atoms with E-state index in [9.17, 15) is 4.79 Å². The van der Waals surface area contributed by atoms with E-state index in [0.29, 0.717) is 37.2 Å². The number of fused-ring (bicyclic) bond motifs is 2. The molecule has 0 saturated heterocycles. The van der Waals surface area contributed by atoms with Crippen LogP contribution in [0.2, 0.25) is 0 Å². The summed E-state index contributed by atoms with van der Waals surface area (Å²) in [5, 5.41) is 12.2. The van der Waals surface area contributed by atoms with Crippen molar-refractivity contribution in [3.8, 4) is 16.9 Å². The second-order valence-electron chi connectivity index (χ2n) is 11.1. The van der Waals surface area contributed by atoms with Gasteiger partial charge in [-0.3, -0.25) is 4.68 Å². The van der Waals surface area contributed by atoms with Crippen LogP contribution in [0.15, 0.2) is 54.6 Å². The minimum atomic E-state index is -0.274. The second-order valence-corrected chi connectivity index (χ2v) is 11.7. The Morgan fingerprint density at radius 2 is 1.80 bits per heavy atom. The van der Waals surface area contributed by atoms with Crippen LogP contribution in [0.25, 0.3) is 32.8 Å². The van der Waals surface area contributed by atoms with E-state index in [1.165, 1.54) is 5.69 Å². The number of ether oxygens (including phenoxy) is 2. The molecule has 0 radical (unpaired) electrons. The van der Waals surface area contributed by atoms with Crippen molar-refractivity contribution in [2.24, 2.45) is 7.05 Å². The monoisotopic (exact) mass is 658 g/mol. The fourth-order valence-corrected chi connectivity index (χ4v) is 6.81. The molecule has 5 aromatic rings. The summed E-state index contributed by atoms with van der Waals surface area (Å²) < 4.78 is 16.2. The van der Waals surface area contributed by atoms with Crippen molar-refractivity contribution in [1.29, 1.82) is 0 Å². The Morgan fingerprint density at radius 3 is 2.55 bits per heavy atom. The minimum Gasteiger partial charge on any atom is -0.493 e. The Balaban J connectivity index is 1.63. The first-order valence-corrected chi connectivity index (χ1v) is 16.7. The van der Waals surface area contributed by atoms with Gasteiger partial charge in [0.15, 0.2) is 0 Å². The number of nitrogens with zero attached hydrogens (tertiary/aromatic N) is 3. The summed E-state index contributed by atoms with van der Waals surface area (Å²) in [6, 6.07) is 18.8. The molecule has 0 aliphatic heterocycles. The van der Waals surface area contributed by atoms with Crippen LogP contribution in [-0.4, -0.2) is 47.1 Å². The molecular weight excluding hydrogens is 616 g/mol. The normalized spacial score (nSPS) is 11.5. The van der Waals surface area contributed by atoms with Crippen molar-refractivity contribution in [3.63, 3.8) is 0 Å². The summed E-state index contributed by atoms with van der Waals surface area (Å²) in [6.45, 7) is 8.60. The highest BCUT2D eigenvalue weighted by molar-refractivity contribution is 9.08. The second kappa shape index (κ2) is 14.4. The van der Waals surface area contributed by atoms with E-state index < -0.39 is 0 Å². The number of benzene rings is 3. The summed E-state index contributed by atoms with van der Waals surface area (Å²) in [5.74, 6) is 0.608. The van der Waals surface area contributed by atoms with Crippen LogP contribution in [0, 0.1) is 6.92 Å². The van der Waals surface area contributed by atoms with Gasteiger partial charge in [-0.25, -0.2) is 4.79 Å². The average molecular weight is 660 g/mol. The quantitative estimate of drug-likeness (QED) is 0.0750. The Labute approximate surface area is 268 Å². The molecule has 7 nitrogen and oxygen atoms in total. The predicted molar refractivity (Wildman–Crippen MR) is 183 cm³/mol. The van der Waals surface area contributed by atoms with E-state index in [1.54, 1.807) is 0 Å². The van der Waals surface area contributed by atoms with E-state index in [2.05, 4.69) is 70.0 Å². The number of esters is 1. The van der Waals surface area contributed by atoms with Gasteiger partial charge in [0, 0.05) is 46.5 Å². The molecule has 2 heterocycles. The third-order valence-corrected chi connectivity index (χ3v) is 8.87. The minimum absolute atomic E-state index is 0.274. The van der Waals surface area contributed by atoms with E-state index in [-0.39, 0.29) is 5.97 Å². The van der Waals surface area contributed by atoms with Gasteiger partial charge in [-0.05, 0) is 75.7 Å². The number of carbonyl (C=O) groups is 1. The van der Waals surface area contributed by atoms with Gasteiger partial charge in [0.05, 0.1) is 24.4 Å². The number of carbonyl (C=O) groups excluding carboxylic acids is 1. The van der Waals surface area contributed by atoms with Gasteiger partial charge in [0.2, 0.25) is 0 Å². The van der Waals surface area contributed by atoms with Crippen molar-refractivity contribution < 1.29 is 14.3 Å². The lowest BCUT2D eigenvalue weighted by atomic mass is 9.93. The zero-order valence-electron chi connectivity index (χ0n) is 26.5. The van der Waals surface area contributed by atoms with Crippen molar-refractivity contribution >= 4 is 43.6 Å². The van der Waals surface area contributed by atoms with Gasteiger partial charge in [-0.15, -0.1) is 0 Å². The molecule has 232 valence electrons. The maximum absolute atomic E-state index is 13.8. The Bertz CT molecular complexity index is 1770. The lowest BCUT2D eigenvalue weighted by Crippen LogP contribution is -2.17. The van der Waals surface area contributed by atoms with Crippen LogP contribution in [0.1, 0.15) is 59.7 Å². The SMILES string of the molecule is CCOC(=O)c1c(CCCOc2cccc3ccccc23)c2ccc(C)c(-c3c(CBr)nn(C)c3CC)c2n1CCCNC. The molecule has 0 aliphatic carbocycles. The molecule has 8 heteroatoms. The van der Waals surface area contributed by atoms with Crippen LogP contribution < -0.4 is 10.1 Å². The average Bonchev–Trinajstić information content (AvgIpc) is 3.52. The van der Waals surface area contributed by atoms with Crippen LogP contribution in [0.5, 0.6) is 5.75 Å². The topological polar surface area (TPSA) is 70.3 Å². The molecule has 3 aromatic carbocycles. The molecule has 5 rings (SSSR count). The van der Waals surface area contributed by atoms with E-state index >= 15 is 0 Å². The predicted octanol–water partition coefficient (Wildman–Crippen LogP) is 7.76. The molecule has 0 spiro atoms. The Hall–Kier alpha value is -3.62. The molecular formula is C36H43BrN4O3. The number of rotatable bonds is 14. The molecule has 0 aliphatic rings. The largest absolute Gasteiger partial charge is 0.493 e. The van der Waals surface area contributed by atoms with Gasteiger partial charge in [0.1, 0.15) is 11.4 Å². The molecule has 44 heavy (non-hydrogen) atoms. The molecule has 2 aromatic heterocycles. The molecule has 0 fully saturated rings. The van der Waals surface area contributed by atoms with Crippen molar-refractivity contribution in [3.05, 3.63) is 82.8 Å². The standard InChI is InChI=1S/C36H43BrN4O3/c1-6-30-33(29(23-37)39-40(30)5)32-24(3)18-19-28-27(35(36(42)43-7-2)41(34(28)32)21-12-20-38-4)16-11-22-44-31-17-10-14-25-13-8-9-15-26(25)31/h8-10,13-15,17-19,38H,6-7,11-12,16,20-23H2,1-5H3. The number of alkyl halides is 1.